The van der Waals surface area contributed by atoms with Gasteiger partial charge in [0.25, 0.3) is 5.91 Å². The Bertz CT molecular complexity index is 2010. The van der Waals surface area contributed by atoms with Crippen molar-refractivity contribution in [3.63, 3.8) is 0 Å². The first-order chi connectivity index (χ1) is 23.9. The Balaban J connectivity index is 1.27. The van der Waals surface area contributed by atoms with Crippen molar-refractivity contribution in [3.8, 4) is 0 Å². The molecule has 1 heterocycles. The summed E-state index contributed by atoms with van der Waals surface area (Å²) in [5.41, 5.74) is 4.95. The number of benzene rings is 3. The lowest BCUT2D eigenvalue weighted by molar-refractivity contribution is -0.138. The van der Waals surface area contributed by atoms with Crippen LogP contribution in [0.3, 0.4) is 0 Å². The second-order valence-corrected chi connectivity index (χ2v) is 16.3. The second-order valence-electron chi connectivity index (χ2n) is 14.1. The van der Waals surface area contributed by atoms with Crippen molar-refractivity contribution in [2.75, 3.05) is 17.7 Å². The Labute approximate surface area is 298 Å². The van der Waals surface area contributed by atoms with Crippen molar-refractivity contribution in [2.24, 2.45) is 0 Å². The molecule has 0 spiro atoms. The summed E-state index contributed by atoms with van der Waals surface area (Å²) >= 11 is 0. The van der Waals surface area contributed by atoms with Gasteiger partial charge in [-0.3, -0.25) is 9.59 Å². The van der Waals surface area contributed by atoms with Crippen molar-refractivity contribution in [2.45, 2.75) is 88.8 Å². The third-order valence-corrected chi connectivity index (χ3v) is 11.0. The molecule has 1 unspecified atom stereocenters. The molecule has 1 aliphatic heterocycles. The van der Waals surface area contributed by atoms with Crippen LogP contribution >= 0.6 is 0 Å². The number of ether oxygens (including phenoxy) is 1. The van der Waals surface area contributed by atoms with E-state index in [9.17, 15) is 32.7 Å². The van der Waals surface area contributed by atoms with Crippen molar-refractivity contribution in [3.05, 3.63) is 93.6 Å². The maximum atomic E-state index is 13.2. The van der Waals surface area contributed by atoms with E-state index in [-0.39, 0.29) is 29.7 Å². The molecule has 270 valence electrons. The van der Waals surface area contributed by atoms with Crippen LogP contribution in [-0.4, -0.2) is 60.2 Å². The quantitative estimate of drug-likeness (QED) is 0.172. The number of amides is 3. The van der Waals surface area contributed by atoms with Crippen LogP contribution in [0.1, 0.15) is 89.8 Å². The van der Waals surface area contributed by atoms with Crippen molar-refractivity contribution in [1.82, 2.24) is 10.2 Å². The van der Waals surface area contributed by atoms with Crippen LogP contribution in [0.15, 0.2) is 59.5 Å². The molecular formula is C38H44N4O8S. The second kappa shape index (κ2) is 14.6. The third-order valence-electron chi connectivity index (χ3n) is 8.62. The average Bonchev–Trinajstić information content (AvgIpc) is 3.84. The van der Waals surface area contributed by atoms with E-state index in [1.165, 1.54) is 18.0 Å². The third kappa shape index (κ3) is 8.95. The number of rotatable bonds is 12. The smallest absolute Gasteiger partial charge is 0.410 e. The van der Waals surface area contributed by atoms with Gasteiger partial charge in [-0.2, -0.15) is 0 Å². The zero-order valence-electron chi connectivity index (χ0n) is 29.6. The molecular weight excluding hydrogens is 673 g/mol. The molecule has 3 aromatic rings. The van der Waals surface area contributed by atoms with Gasteiger partial charge in [0.15, 0.2) is 15.9 Å². The number of carbonyl (C=O) groups is 4. The Morgan fingerprint density at radius 2 is 1.71 bits per heavy atom. The molecule has 3 amide bonds. The van der Waals surface area contributed by atoms with Crippen LogP contribution in [0, 0.1) is 13.8 Å². The summed E-state index contributed by atoms with van der Waals surface area (Å²) in [7, 11) is -2.06. The Kier molecular flexibility index (Phi) is 10.6. The van der Waals surface area contributed by atoms with Gasteiger partial charge in [0.2, 0.25) is 5.91 Å². The number of carbonyl (C=O) groups excluding carboxylic acids is 3. The van der Waals surface area contributed by atoms with E-state index in [2.05, 4.69) is 16.0 Å². The molecule has 3 aromatic carbocycles. The van der Waals surface area contributed by atoms with Crippen LogP contribution < -0.4 is 16.0 Å². The highest BCUT2D eigenvalue weighted by molar-refractivity contribution is 7.92. The summed E-state index contributed by atoms with van der Waals surface area (Å²) in [4.78, 5) is 51.5. The monoisotopic (exact) mass is 716 g/mol. The number of fused-ring (bicyclic) bond motifs is 1. The summed E-state index contributed by atoms with van der Waals surface area (Å²) in [6, 6.07) is 12.3. The molecule has 0 bridgehead atoms. The first kappa shape index (κ1) is 37.1. The predicted molar refractivity (Wildman–Crippen MR) is 194 cm³/mol. The number of aliphatic carboxylic acids is 1. The lowest BCUT2D eigenvalue weighted by Gasteiger charge is -2.25. The maximum absolute atomic E-state index is 13.2. The van der Waals surface area contributed by atoms with Crippen LogP contribution in [0.2, 0.25) is 0 Å². The largest absolute Gasteiger partial charge is 0.479 e. The van der Waals surface area contributed by atoms with E-state index in [1.54, 1.807) is 69.3 Å². The van der Waals surface area contributed by atoms with E-state index >= 15 is 0 Å². The Morgan fingerprint density at radius 1 is 1.04 bits per heavy atom. The molecule has 2 aliphatic rings. The zero-order valence-corrected chi connectivity index (χ0v) is 30.4. The number of anilines is 2. The standard InChI is InChI=1S/C38H44N4O8S/c1-22-16-25(34(36(45)46)41-28-11-10-24-20-39-35(44)31(24)19-28)17-23(2)30(22)8-7-9-33(43)40-27-12-15-32(51(48,49)29-13-14-29)26(18-27)21-42(6)37(47)50-38(3,4)5/h7-8,10-12,15-19,29,34,41H,9,13-14,20-21H2,1-6H3,(H,39,44)(H,40,43)(H,45,46). The highest BCUT2D eigenvalue weighted by atomic mass is 32.2. The summed E-state index contributed by atoms with van der Waals surface area (Å²) < 4.78 is 31.8. The molecule has 0 aromatic heterocycles. The maximum Gasteiger partial charge on any atom is 0.410 e. The van der Waals surface area contributed by atoms with Crippen LogP contribution in [-0.2, 0) is 37.3 Å². The molecule has 13 heteroatoms. The summed E-state index contributed by atoms with van der Waals surface area (Å²) in [6.45, 7) is 9.38. The number of nitrogens with zero attached hydrogens (tertiary/aromatic N) is 1. The number of carboxylic acid groups (broad SMARTS) is 1. The minimum atomic E-state index is -3.59. The molecule has 0 radical (unpaired) electrons. The normalized spacial score (nSPS) is 14.8. The van der Waals surface area contributed by atoms with Gasteiger partial charge in [-0.1, -0.05) is 30.4 Å². The summed E-state index contributed by atoms with van der Waals surface area (Å²) in [6.07, 6.45) is 4.10. The molecule has 1 atom stereocenters. The van der Waals surface area contributed by atoms with Gasteiger partial charge in [-0.05, 0) is 111 Å². The Hall–Kier alpha value is -5.17. The van der Waals surface area contributed by atoms with Gasteiger partial charge in [0, 0.05) is 37.0 Å². The minimum absolute atomic E-state index is 0.0150. The molecule has 1 saturated carbocycles. The van der Waals surface area contributed by atoms with Gasteiger partial charge in [-0.15, -0.1) is 0 Å². The number of sulfone groups is 1. The number of hydrogen-bond donors (Lipinski definition) is 4. The molecule has 5 rings (SSSR count). The number of carboxylic acids is 1. The zero-order chi connectivity index (χ0) is 37.2. The molecule has 1 fully saturated rings. The number of aryl methyl sites for hydroxylation is 2. The van der Waals surface area contributed by atoms with Gasteiger partial charge in [-0.25, -0.2) is 18.0 Å². The van der Waals surface area contributed by atoms with Crippen LogP contribution in [0.25, 0.3) is 6.08 Å². The summed E-state index contributed by atoms with van der Waals surface area (Å²) in [5.74, 6) is -1.60. The lowest BCUT2D eigenvalue weighted by atomic mass is 9.95. The van der Waals surface area contributed by atoms with Crippen LogP contribution in [0.4, 0.5) is 16.2 Å². The van der Waals surface area contributed by atoms with Gasteiger partial charge in [0.05, 0.1) is 16.7 Å². The molecule has 0 saturated heterocycles. The molecule has 51 heavy (non-hydrogen) atoms. The highest BCUT2D eigenvalue weighted by Gasteiger charge is 2.38. The number of hydrogen-bond acceptors (Lipinski definition) is 8. The number of nitrogens with one attached hydrogen (secondary N) is 3. The summed E-state index contributed by atoms with van der Waals surface area (Å²) in [5, 5.41) is 18.2. The first-order valence-electron chi connectivity index (χ1n) is 16.7. The van der Waals surface area contributed by atoms with Crippen molar-refractivity contribution >= 4 is 51.2 Å². The molecule has 1 aliphatic carbocycles. The van der Waals surface area contributed by atoms with Crippen molar-refractivity contribution in [1.29, 1.82) is 0 Å². The van der Waals surface area contributed by atoms with Crippen LogP contribution in [0.5, 0.6) is 0 Å². The fourth-order valence-electron chi connectivity index (χ4n) is 5.97. The molecule has 12 nitrogen and oxygen atoms in total. The van der Waals surface area contributed by atoms with E-state index in [4.69, 9.17) is 4.74 Å². The Morgan fingerprint density at radius 3 is 2.33 bits per heavy atom. The lowest BCUT2D eigenvalue weighted by Crippen LogP contribution is -2.34. The van der Waals surface area contributed by atoms with E-state index < -0.39 is 38.8 Å². The van der Waals surface area contributed by atoms with Gasteiger partial charge in [0.1, 0.15) is 5.60 Å². The minimum Gasteiger partial charge on any atom is -0.479 e. The SMILES string of the molecule is Cc1cc(C(Nc2ccc3c(c2)C(=O)NC3)C(=O)O)cc(C)c1C=CCC(=O)Nc1ccc(S(=O)(=O)C2CC2)c(CN(C)C(=O)OC(C)(C)C)c1. The fourth-order valence-corrected chi connectivity index (χ4v) is 7.83. The van der Waals surface area contributed by atoms with E-state index in [0.29, 0.717) is 47.5 Å². The van der Waals surface area contributed by atoms with E-state index in [1.807, 2.05) is 19.9 Å². The van der Waals surface area contributed by atoms with Crippen molar-refractivity contribution < 1.29 is 37.4 Å². The van der Waals surface area contributed by atoms with E-state index in [0.717, 1.165) is 22.3 Å². The van der Waals surface area contributed by atoms with Gasteiger partial charge >= 0.3 is 12.1 Å². The molecule has 4 N–H and O–H groups in total. The highest BCUT2D eigenvalue weighted by Crippen LogP contribution is 2.36. The average molecular weight is 717 g/mol. The fraction of sp³-hybridized carbons (Fsp3) is 0.368. The first-order valence-corrected chi connectivity index (χ1v) is 18.3. The van der Waals surface area contributed by atoms with Gasteiger partial charge < -0.3 is 30.7 Å². The predicted octanol–water partition coefficient (Wildman–Crippen LogP) is 6.13. The topological polar surface area (TPSA) is 171 Å².